The second-order valence-corrected chi connectivity index (χ2v) is 6.79. The normalized spacial score (nSPS) is 10.9. The van der Waals surface area contributed by atoms with E-state index in [9.17, 15) is 4.79 Å². The van der Waals surface area contributed by atoms with Crippen molar-refractivity contribution in [2.45, 2.75) is 13.5 Å². The van der Waals surface area contributed by atoms with Gasteiger partial charge in [-0.15, -0.1) is 11.3 Å². The summed E-state index contributed by atoms with van der Waals surface area (Å²) in [4.78, 5) is 20.9. The van der Waals surface area contributed by atoms with Gasteiger partial charge in [0.15, 0.2) is 0 Å². The Morgan fingerprint density at radius 2 is 1.96 bits per heavy atom. The lowest BCUT2D eigenvalue weighted by Crippen LogP contribution is -2.14. The van der Waals surface area contributed by atoms with E-state index in [4.69, 9.17) is 0 Å². The molecule has 0 aliphatic carbocycles. The number of thiophene rings is 1. The molecule has 2 aromatic heterocycles. The average Bonchev–Trinajstić information content (AvgIpc) is 3.05. The molecule has 0 spiro atoms. The Kier molecular flexibility index (Phi) is 4.07. The predicted molar refractivity (Wildman–Crippen MR) is 104 cm³/mol. The molecule has 5 heteroatoms. The maximum Gasteiger partial charge on any atom is 0.260 e. The highest BCUT2D eigenvalue weighted by Crippen LogP contribution is 2.30. The van der Waals surface area contributed by atoms with Crippen LogP contribution < -0.4 is 10.9 Å². The van der Waals surface area contributed by atoms with Crippen molar-refractivity contribution < 1.29 is 0 Å². The van der Waals surface area contributed by atoms with Gasteiger partial charge in [-0.3, -0.25) is 4.79 Å². The molecule has 0 saturated heterocycles. The molecule has 4 rings (SSSR count). The Morgan fingerprint density at radius 3 is 2.76 bits per heavy atom. The van der Waals surface area contributed by atoms with Gasteiger partial charge in [-0.25, -0.2) is 4.98 Å². The summed E-state index contributed by atoms with van der Waals surface area (Å²) in [6, 6.07) is 18.0. The van der Waals surface area contributed by atoms with E-state index in [0.717, 1.165) is 21.6 Å². The maximum atomic E-state index is 12.6. The molecule has 0 saturated carbocycles. The molecule has 2 aromatic carbocycles. The summed E-state index contributed by atoms with van der Waals surface area (Å²) in [5.74, 6) is 0.639. The zero-order valence-electron chi connectivity index (χ0n) is 13.7. The van der Waals surface area contributed by atoms with Crippen LogP contribution in [0.3, 0.4) is 0 Å². The third-order valence-electron chi connectivity index (χ3n) is 4.06. The Morgan fingerprint density at radius 1 is 1.12 bits per heavy atom. The minimum absolute atomic E-state index is 0.0915. The molecule has 0 bridgehead atoms. The topological polar surface area (TPSA) is 57.8 Å². The third-order valence-corrected chi connectivity index (χ3v) is 4.93. The number of fused-ring (bicyclic) bond motifs is 1. The van der Waals surface area contributed by atoms with Crippen molar-refractivity contribution in [2.24, 2.45) is 0 Å². The molecule has 0 aliphatic rings. The molecule has 0 radical (unpaired) electrons. The van der Waals surface area contributed by atoms with E-state index in [1.807, 2.05) is 60.8 Å². The van der Waals surface area contributed by atoms with Crippen LogP contribution in [0.2, 0.25) is 0 Å². The highest BCUT2D eigenvalue weighted by atomic mass is 32.1. The molecule has 0 amide bonds. The summed E-state index contributed by atoms with van der Waals surface area (Å²) in [7, 11) is 0. The van der Waals surface area contributed by atoms with Crippen molar-refractivity contribution in [1.82, 2.24) is 9.97 Å². The monoisotopic (exact) mass is 347 g/mol. The molecule has 4 nitrogen and oxygen atoms in total. The molecule has 0 atom stereocenters. The van der Waals surface area contributed by atoms with Gasteiger partial charge in [0.25, 0.3) is 5.56 Å². The first-order valence-corrected chi connectivity index (χ1v) is 8.95. The number of rotatable bonds is 4. The van der Waals surface area contributed by atoms with Crippen LogP contribution in [0.5, 0.6) is 0 Å². The van der Waals surface area contributed by atoms with Crippen molar-refractivity contribution >= 4 is 27.2 Å². The summed E-state index contributed by atoms with van der Waals surface area (Å²) >= 11 is 1.50. The number of aryl methyl sites for hydroxylation is 1. The highest BCUT2D eigenvalue weighted by Gasteiger charge is 2.12. The first-order chi connectivity index (χ1) is 12.2. The smallest absolute Gasteiger partial charge is 0.260 e. The Bertz CT molecular complexity index is 1080. The second-order valence-electron chi connectivity index (χ2n) is 5.93. The number of aromatic nitrogens is 2. The van der Waals surface area contributed by atoms with E-state index >= 15 is 0 Å². The van der Waals surface area contributed by atoms with Gasteiger partial charge in [0, 0.05) is 16.6 Å². The molecule has 25 heavy (non-hydrogen) atoms. The van der Waals surface area contributed by atoms with E-state index in [-0.39, 0.29) is 5.56 Å². The van der Waals surface area contributed by atoms with Crippen LogP contribution in [0.4, 0.5) is 5.69 Å². The summed E-state index contributed by atoms with van der Waals surface area (Å²) in [6.45, 7) is 2.53. The van der Waals surface area contributed by atoms with Gasteiger partial charge >= 0.3 is 0 Å². The zero-order valence-corrected chi connectivity index (χ0v) is 14.6. The van der Waals surface area contributed by atoms with Crippen LogP contribution in [-0.2, 0) is 6.54 Å². The number of nitrogens with one attached hydrogen (secondary N) is 2. The van der Waals surface area contributed by atoms with Gasteiger partial charge in [-0.05, 0) is 30.2 Å². The zero-order chi connectivity index (χ0) is 17.2. The number of hydrogen-bond acceptors (Lipinski definition) is 4. The van der Waals surface area contributed by atoms with Crippen LogP contribution >= 0.6 is 11.3 Å². The molecular weight excluding hydrogens is 330 g/mol. The van der Waals surface area contributed by atoms with Crippen molar-refractivity contribution in [3.8, 4) is 11.1 Å². The lowest BCUT2D eigenvalue weighted by Gasteiger charge is -2.07. The van der Waals surface area contributed by atoms with E-state index in [1.54, 1.807) is 0 Å². The third kappa shape index (κ3) is 3.19. The van der Waals surface area contributed by atoms with E-state index in [0.29, 0.717) is 17.8 Å². The minimum atomic E-state index is -0.0915. The van der Waals surface area contributed by atoms with E-state index in [2.05, 4.69) is 21.4 Å². The van der Waals surface area contributed by atoms with E-state index in [1.165, 1.54) is 16.9 Å². The summed E-state index contributed by atoms with van der Waals surface area (Å²) < 4.78 is 0. The number of hydrogen-bond donors (Lipinski definition) is 2. The molecule has 2 N–H and O–H groups in total. The molecule has 0 unspecified atom stereocenters. The largest absolute Gasteiger partial charge is 0.378 e. The molecule has 2 heterocycles. The molecule has 0 aliphatic heterocycles. The van der Waals surface area contributed by atoms with Crippen LogP contribution in [-0.4, -0.2) is 9.97 Å². The van der Waals surface area contributed by atoms with Gasteiger partial charge in [0.2, 0.25) is 0 Å². The fraction of sp³-hybridized carbons (Fsp3) is 0.100. The van der Waals surface area contributed by atoms with Gasteiger partial charge in [-0.1, -0.05) is 42.5 Å². The van der Waals surface area contributed by atoms with Gasteiger partial charge in [0.1, 0.15) is 10.7 Å². The molecule has 124 valence electrons. The summed E-state index contributed by atoms with van der Waals surface area (Å²) in [5, 5.41) is 5.97. The fourth-order valence-corrected chi connectivity index (χ4v) is 3.82. The Labute approximate surface area is 149 Å². The Hall–Kier alpha value is -2.92. The number of nitrogens with zero attached hydrogens (tertiary/aromatic N) is 1. The van der Waals surface area contributed by atoms with Gasteiger partial charge < -0.3 is 10.3 Å². The number of benzene rings is 2. The number of H-pyrrole nitrogens is 1. The van der Waals surface area contributed by atoms with Crippen molar-refractivity contribution in [2.75, 3.05) is 5.32 Å². The van der Waals surface area contributed by atoms with Crippen molar-refractivity contribution in [3.05, 3.63) is 81.7 Å². The second kappa shape index (κ2) is 6.53. The minimum Gasteiger partial charge on any atom is -0.378 e. The maximum absolute atomic E-state index is 12.6. The first kappa shape index (κ1) is 15.6. The molecule has 0 fully saturated rings. The first-order valence-electron chi connectivity index (χ1n) is 8.07. The van der Waals surface area contributed by atoms with Crippen molar-refractivity contribution in [3.63, 3.8) is 0 Å². The van der Waals surface area contributed by atoms with Crippen LogP contribution in [0, 0.1) is 6.92 Å². The molecular formula is C20H17N3OS. The Balaban J connectivity index is 1.66. The van der Waals surface area contributed by atoms with E-state index < -0.39 is 0 Å². The predicted octanol–water partition coefficient (Wildman–Crippen LogP) is 4.57. The van der Waals surface area contributed by atoms with Crippen LogP contribution in [0.1, 0.15) is 11.4 Å². The SMILES string of the molecule is Cc1cccc(NCc2nc3scc(-c4ccccc4)c3c(=O)[nH]2)c1. The number of anilines is 1. The van der Waals surface area contributed by atoms with Gasteiger partial charge in [0.05, 0.1) is 11.9 Å². The van der Waals surface area contributed by atoms with Crippen LogP contribution in [0.15, 0.2) is 64.8 Å². The fourth-order valence-electron chi connectivity index (χ4n) is 2.85. The van der Waals surface area contributed by atoms with Crippen molar-refractivity contribution in [1.29, 1.82) is 0 Å². The average molecular weight is 347 g/mol. The number of aromatic amines is 1. The van der Waals surface area contributed by atoms with Crippen LogP contribution in [0.25, 0.3) is 21.3 Å². The summed E-state index contributed by atoms with van der Waals surface area (Å²) in [5.41, 5.74) is 4.08. The van der Waals surface area contributed by atoms with Gasteiger partial charge in [-0.2, -0.15) is 0 Å². The quantitative estimate of drug-likeness (QED) is 0.568. The summed E-state index contributed by atoms with van der Waals surface area (Å²) in [6.07, 6.45) is 0. The molecule has 4 aromatic rings. The lowest BCUT2D eigenvalue weighted by atomic mass is 10.1. The standard InChI is InChI=1S/C20H17N3OS/c1-13-6-5-9-15(10-13)21-11-17-22-19(24)18-16(12-25-20(18)23-17)14-7-3-2-4-8-14/h2-10,12,21H,11H2,1H3,(H,22,23,24). The highest BCUT2D eigenvalue weighted by molar-refractivity contribution is 7.17. The lowest BCUT2D eigenvalue weighted by molar-refractivity contribution is 0.957.